The van der Waals surface area contributed by atoms with Crippen molar-refractivity contribution in [2.45, 2.75) is 0 Å². The van der Waals surface area contributed by atoms with Crippen molar-refractivity contribution >= 4 is 45.3 Å². The van der Waals surface area contributed by atoms with Crippen LogP contribution >= 0.6 is 23.2 Å². The summed E-state index contributed by atoms with van der Waals surface area (Å²) >= 11 is 12.0. The molecule has 0 radical (unpaired) electrons. The van der Waals surface area contributed by atoms with Crippen molar-refractivity contribution < 1.29 is 0 Å². The molecule has 0 aliphatic rings. The molecule has 0 saturated heterocycles. The topological polar surface area (TPSA) is 57.4 Å². The van der Waals surface area contributed by atoms with Gasteiger partial charge in [-0.1, -0.05) is 23.2 Å². The minimum absolute atomic E-state index is 0.499. The van der Waals surface area contributed by atoms with Gasteiger partial charge in [0.2, 0.25) is 0 Å². The molecule has 0 atom stereocenters. The molecule has 4 rings (SSSR count). The smallest absolute Gasteiger partial charge is 0.139 e. The van der Waals surface area contributed by atoms with Gasteiger partial charge in [-0.2, -0.15) is 0 Å². The molecule has 0 aliphatic carbocycles. The third-order valence-electron chi connectivity index (χ3n) is 3.24. The molecule has 3 heterocycles. The second kappa shape index (κ2) is 4.23. The average Bonchev–Trinajstić information content (AvgIpc) is 3.05. The van der Waals surface area contributed by atoms with Gasteiger partial charge >= 0.3 is 0 Å². The zero-order chi connectivity index (χ0) is 13.7. The first-order valence-electron chi connectivity index (χ1n) is 5.99. The van der Waals surface area contributed by atoms with Crippen LogP contribution < -0.4 is 0 Å². The van der Waals surface area contributed by atoms with E-state index in [1.165, 1.54) is 0 Å². The summed E-state index contributed by atoms with van der Waals surface area (Å²) < 4.78 is 0. The number of imidazole rings is 1. The fraction of sp³-hybridized carbons (Fsp3) is 0. The van der Waals surface area contributed by atoms with E-state index in [4.69, 9.17) is 23.2 Å². The van der Waals surface area contributed by atoms with E-state index in [0.29, 0.717) is 10.0 Å². The van der Waals surface area contributed by atoms with Crippen LogP contribution in [0.5, 0.6) is 0 Å². The first kappa shape index (κ1) is 11.8. The van der Waals surface area contributed by atoms with Crippen LogP contribution in [0.1, 0.15) is 0 Å². The Morgan fingerprint density at radius 1 is 1.05 bits per heavy atom. The molecule has 0 unspecified atom stereocenters. The highest BCUT2D eigenvalue weighted by Crippen LogP contribution is 2.30. The van der Waals surface area contributed by atoms with Crippen LogP contribution in [0, 0.1) is 0 Å². The number of nitrogens with zero attached hydrogens (tertiary/aromatic N) is 2. The zero-order valence-electron chi connectivity index (χ0n) is 10.1. The summed E-state index contributed by atoms with van der Waals surface area (Å²) in [5.74, 6) is 0.769. The van der Waals surface area contributed by atoms with Gasteiger partial charge in [-0.25, -0.2) is 9.97 Å². The summed E-state index contributed by atoms with van der Waals surface area (Å²) in [5.41, 5.74) is 3.46. The number of pyridine rings is 1. The Hall–Kier alpha value is -2.04. The van der Waals surface area contributed by atoms with Crippen LogP contribution in [0.25, 0.3) is 33.5 Å². The Morgan fingerprint density at radius 2 is 1.90 bits per heavy atom. The van der Waals surface area contributed by atoms with Gasteiger partial charge in [0.05, 0.1) is 21.1 Å². The number of halogens is 2. The number of aromatic amines is 2. The van der Waals surface area contributed by atoms with Crippen molar-refractivity contribution in [2.75, 3.05) is 0 Å². The van der Waals surface area contributed by atoms with Gasteiger partial charge in [0.1, 0.15) is 11.5 Å². The highest BCUT2D eigenvalue weighted by molar-refractivity contribution is 6.42. The maximum absolute atomic E-state index is 6.03. The molecule has 20 heavy (non-hydrogen) atoms. The van der Waals surface area contributed by atoms with E-state index in [2.05, 4.69) is 19.9 Å². The van der Waals surface area contributed by atoms with E-state index in [9.17, 15) is 0 Å². The number of fused-ring (bicyclic) bond motifs is 2. The lowest BCUT2D eigenvalue weighted by Gasteiger charge is -1.97. The Balaban J connectivity index is 2.00. The van der Waals surface area contributed by atoms with Crippen LogP contribution in [0.15, 0.2) is 36.7 Å². The number of hydrogen-bond acceptors (Lipinski definition) is 2. The average molecular weight is 303 g/mol. The molecule has 1 aromatic carbocycles. The lowest BCUT2D eigenvalue weighted by molar-refractivity contribution is 1.30. The third-order valence-corrected chi connectivity index (χ3v) is 3.96. The van der Waals surface area contributed by atoms with Crippen LogP contribution in [-0.4, -0.2) is 19.9 Å². The molecule has 0 bridgehead atoms. The van der Waals surface area contributed by atoms with Crippen molar-refractivity contribution in [3.05, 3.63) is 46.7 Å². The van der Waals surface area contributed by atoms with Gasteiger partial charge in [0, 0.05) is 23.3 Å². The molecule has 3 aromatic heterocycles. The molecule has 0 saturated carbocycles. The van der Waals surface area contributed by atoms with Gasteiger partial charge in [0.15, 0.2) is 0 Å². The minimum Gasteiger partial charge on any atom is -0.346 e. The zero-order valence-corrected chi connectivity index (χ0v) is 11.6. The number of nitrogens with one attached hydrogen (secondary N) is 2. The van der Waals surface area contributed by atoms with E-state index >= 15 is 0 Å². The van der Waals surface area contributed by atoms with Crippen LogP contribution in [0.4, 0.5) is 0 Å². The van der Waals surface area contributed by atoms with Crippen molar-refractivity contribution in [1.82, 2.24) is 19.9 Å². The van der Waals surface area contributed by atoms with Crippen LogP contribution in [0.2, 0.25) is 10.0 Å². The largest absolute Gasteiger partial charge is 0.346 e. The van der Waals surface area contributed by atoms with Gasteiger partial charge in [-0.15, -0.1) is 0 Å². The van der Waals surface area contributed by atoms with Crippen molar-refractivity contribution in [1.29, 1.82) is 0 Å². The molecule has 0 spiro atoms. The number of benzene rings is 1. The molecule has 0 fully saturated rings. The maximum Gasteiger partial charge on any atom is 0.139 e. The Morgan fingerprint density at radius 3 is 2.80 bits per heavy atom. The van der Waals surface area contributed by atoms with Gasteiger partial charge in [-0.3, -0.25) is 0 Å². The second-order valence-corrected chi connectivity index (χ2v) is 5.28. The summed E-state index contributed by atoms with van der Waals surface area (Å²) in [4.78, 5) is 15.2. The molecule has 4 nitrogen and oxygen atoms in total. The Labute approximate surface area is 123 Å². The fourth-order valence-corrected chi connectivity index (χ4v) is 2.62. The summed E-state index contributed by atoms with van der Waals surface area (Å²) in [7, 11) is 0. The Bertz CT molecular complexity index is 900. The highest BCUT2D eigenvalue weighted by atomic mass is 35.5. The number of H-pyrrole nitrogens is 2. The van der Waals surface area contributed by atoms with E-state index < -0.39 is 0 Å². The number of rotatable bonds is 1. The minimum atomic E-state index is 0.499. The summed E-state index contributed by atoms with van der Waals surface area (Å²) in [5, 5.41) is 2.03. The molecule has 6 heteroatoms. The molecule has 98 valence electrons. The summed E-state index contributed by atoms with van der Waals surface area (Å²) in [6.07, 6.45) is 3.61. The highest BCUT2D eigenvalue weighted by Gasteiger charge is 2.11. The molecular formula is C14H8Cl2N4. The number of hydrogen-bond donors (Lipinski definition) is 2. The van der Waals surface area contributed by atoms with E-state index in [1.54, 1.807) is 18.3 Å². The van der Waals surface area contributed by atoms with Gasteiger partial charge in [-0.05, 0) is 24.3 Å². The predicted octanol–water partition coefficient (Wildman–Crippen LogP) is 4.41. The molecular weight excluding hydrogens is 295 g/mol. The van der Waals surface area contributed by atoms with Crippen molar-refractivity contribution in [2.24, 2.45) is 0 Å². The normalized spacial score (nSPS) is 11.5. The molecule has 4 aromatic rings. The first-order valence-corrected chi connectivity index (χ1v) is 6.75. The maximum atomic E-state index is 6.03. The molecule has 0 amide bonds. The third kappa shape index (κ3) is 1.69. The first-order chi connectivity index (χ1) is 9.72. The molecule has 2 N–H and O–H groups in total. The fourth-order valence-electron chi connectivity index (χ4n) is 2.30. The SMILES string of the molecule is Clc1cc2nc(-c3ccnc4[nH]ccc34)[nH]c2cc1Cl. The van der Waals surface area contributed by atoms with Gasteiger partial charge < -0.3 is 9.97 Å². The van der Waals surface area contributed by atoms with Crippen LogP contribution in [-0.2, 0) is 0 Å². The van der Waals surface area contributed by atoms with E-state index in [1.807, 2.05) is 18.3 Å². The predicted molar refractivity (Wildman–Crippen MR) is 81.2 cm³/mol. The van der Waals surface area contributed by atoms with Crippen LogP contribution in [0.3, 0.4) is 0 Å². The molecule has 0 aliphatic heterocycles. The Kier molecular flexibility index (Phi) is 2.49. The lowest BCUT2D eigenvalue weighted by Crippen LogP contribution is -1.83. The number of aromatic nitrogens is 4. The summed E-state index contributed by atoms with van der Waals surface area (Å²) in [6, 6.07) is 7.45. The van der Waals surface area contributed by atoms with E-state index in [-0.39, 0.29) is 0 Å². The van der Waals surface area contributed by atoms with E-state index in [0.717, 1.165) is 33.5 Å². The second-order valence-electron chi connectivity index (χ2n) is 4.47. The quantitative estimate of drug-likeness (QED) is 0.547. The summed E-state index contributed by atoms with van der Waals surface area (Å²) in [6.45, 7) is 0. The van der Waals surface area contributed by atoms with Crippen molar-refractivity contribution in [3.63, 3.8) is 0 Å². The standard InChI is InChI=1S/C14H8Cl2N4/c15-9-5-11-12(6-10(9)16)20-14(19-11)8-2-4-18-13-7(8)1-3-17-13/h1-6H,(H,17,18)(H,19,20). The monoisotopic (exact) mass is 302 g/mol. The lowest BCUT2D eigenvalue weighted by atomic mass is 10.2. The van der Waals surface area contributed by atoms with Gasteiger partial charge in [0.25, 0.3) is 0 Å². The van der Waals surface area contributed by atoms with Crippen molar-refractivity contribution in [3.8, 4) is 11.4 Å².